The van der Waals surface area contributed by atoms with E-state index in [2.05, 4.69) is 5.32 Å². The molecule has 1 unspecified atom stereocenters. The van der Waals surface area contributed by atoms with Gasteiger partial charge in [-0.15, -0.1) is 0 Å². The van der Waals surface area contributed by atoms with Crippen LogP contribution in [0.5, 0.6) is 0 Å². The Morgan fingerprint density at radius 2 is 2.00 bits per heavy atom. The average molecular weight is 318 g/mol. The highest BCUT2D eigenvalue weighted by Crippen LogP contribution is 2.26. The van der Waals surface area contributed by atoms with E-state index in [1.54, 1.807) is 11.9 Å². The van der Waals surface area contributed by atoms with E-state index in [4.69, 9.17) is 0 Å². The number of β-amino-alcohol motifs (C(OH)–C–C–N with tert-alkyl or cyclic N) is 1. The number of hydrogen-bond acceptors (Lipinski definition) is 3. The summed E-state index contributed by atoms with van der Waals surface area (Å²) in [6, 6.07) is 9.94. The Balaban J connectivity index is 1.84. The standard InChI is InChI=1S/C18H26N2O3/c1-19-16(21)10-12-18(23)11-5-13-20(14-18)17(22)9-8-15-6-3-2-4-7-15/h2-4,6-7,23H,5,8-14H2,1H3,(H,19,21). The van der Waals surface area contributed by atoms with Gasteiger partial charge in [0.25, 0.3) is 0 Å². The average Bonchev–Trinajstić information content (AvgIpc) is 2.58. The maximum atomic E-state index is 12.4. The van der Waals surface area contributed by atoms with Gasteiger partial charge >= 0.3 is 0 Å². The lowest BCUT2D eigenvalue weighted by atomic mass is 9.88. The molecular formula is C18H26N2O3. The number of hydrogen-bond donors (Lipinski definition) is 2. The van der Waals surface area contributed by atoms with Crippen molar-refractivity contribution in [3.05, 3.63) is 35.9 Å². The monoisotopic (exact) mass is 318 g/mol. The van der Waals surface area contributed by atoms with Crippen molar-refractivity contribution in [2.24, 2.45) is 0 Å². The molecule has 1 heterocycles. The number of aliphatic hydroxyl groups is 1. The molecular weight excluding hydrogens is 292 g/mol. The number of carbonyl (C=O) groups is 2. The van der Waals surface area contributed by atoms with E-state index in [0.29, 0.717) is 45.2 Å². The second-order valence-electron chi connectivity index (χ2n) is 6.30. The predicted molar refractivity (Wildman–Crippen MR) is 88.8 cm³/mol. The number of piperidine rings is 1. The minimum absolute atomic E-state index is 0.0759. The molecule has 0 saturated carbocycles. The molecule has 23 heavy (non-hydrogen) atoms. The van der Waals surface area contributed by atoms with Crippen LogP contribution in [0.15, 0.2) is 30.3 Å². The van der Waals surface area contributed by atoms with Crippen molar-refractivity contribution < 1.29 is 14.7 Å². The van der Waals surface area contributed by atoms with Gasteiger partial charge in [-0.05, 0) is 31.2 Å². The van der Waals surface area contributed by atoms with Crippen LogP contribution < -0.4 is 5.32 Å². The Bertz CT molecular complexity index is 532. The molecule has 1 fully saturated rings. The van der Waals surface area contributed by atoms with Crippen LogP contribution in [0, 0.1) is 0 Å². The first kappa shape index (κ1) is 17.5. The molecule has 1 aromatic carbocycles. The second kappa shape index (κ2) is 8.11. The Kier molecular flexibility index (Phi) is 6.16. The molecule has 0 bridgehead atoms. The van der Waals surface area contributed by atoms with Crippen LogP contribution in [0.25, 0.3) is 0 Å². The summed E-state index contributed by atoms with van der Waals surface area (Å²) in [5.74, 6) is -0.00197. The van der Waals surface area contributed by atoms with Crippen LogP contribution >= 0.6 is 0 Å². The highest BCUT2D eigenvalue weighted by molar-refractivity contribution is 5.77. The van der Waals surface area contributed by atoms with Crippen LogP contribution in [0.2, 0.25) is 0 Å². The third-order valence-corrected chi connectivity index (χ3v) is 4.47. The molecule has 1 aliphatic heterocycles. The summed E-state index contributed by atoms with van der Waals surface area (Å²) in [6.07, 6.45) is 3.28. The number of carbonyl (C=O) groups excluding carboxylic acids is 2. The fourth-order valence-electron chi connectivity index (χ4n) is 3.05. The predicted octanol–water partition coefficient (Wildman–Crippen LogP) is 1.50. The second-order valence-corrected chi connectivity index (χ2v) is 6.30. The summed E-state index contributed by atoms with van der Waals surface area (Å²) in [6.45, 7) is 1.02. The van der Waals surface area contributed by atoms with Crippen LogP contribution in [0.1, 0.15) is 37.7 Å². The first-order chi connectivity index (χ1) is 11.0. The van der Waals surface area contributed by atoms with Gasteiger partial charge in [0, 0.05) is 33.0 Å². The summed E-state index contributed by atoms with van der Waals surface area (Å²) in [7, 11) is 1.59. The molecule has 2 rings (SSSR count). The third kappa shape index (κ3) is 5.36. The van der Waals surface area contributed by atoms with Gasteiger partial charge in [-0.1, -0.05) is 30.3 Å². The lowest BCUT2D eigenvalue weighted by molar-refractivity contribution is -0.139. The summed E-state index contributed by atoms with van der Waals surface area (Å²) in [5.41, 5.74) is 0.209. The quantitative estimate of drug-likeness (QED) is 0.835. The maximum Gasteiger partial charge on any atom is 0.222 e. The van der Waals surface area contributed by atoms with Gasteiger partial charge in [0.1, 0.15) is 0 Å². The Morgan fingerprint density at radius 1 is 1.26 bits per heavy atom. The summed E-state index contributed by atoms with van der Waals surface area (Å²) >= 11 is 0. The Labute approximate surface area is 137 Å². The van der Waals surface area contributed by atoms with E-state index >= 15 is 0 Å². The number of aryl methyl sites for hydroxylation is 1. The Morgan fingerprint density at radius 3 is 2.70 bits per heavy atom. The molecule has 5 heteroatoms. The zero-order chi connectivity index (χ0) is 16.7. The van der Waals surface area contributed by atoms with Crippen LogP contribution in [-0.4, -0.2) is 47.6 Å². The van der Waals surface area contributed by atoms with Gasteiger partial charge in [-0.3, -0.25) is 9.59 Å². The maximum absolute atomic E-state index is 12.4. The number of nitrogens with zero attached hydrogens (tertiary/aromatic N) is 1. The molecule has 2 amide bonds. The molecule has 1 aromatic rings. The van der Waals surface area contributed by atoms with Gasteiger partial charge < -0.3 is 15.3 Å². The van der Waals surface area contributed by atoms with Crippen LogP contribution in [0.4, 0.5) is 0 Å². The molecule has 1 atom stereocenters. The van der Waals surface area contributed by atoms with Crippen molar-refractivity contribution in [2.45, 2.75) is 44.1 Å². The highest BCUT2D eigenvalue weighted by atomic mass is 16.3. The molecule has 0 radical (unpaired) electrons. The largest absolute Gasteiger partial charge is 0.388 e. The van der Waals surface area contributed by atoms with E-state index in [1.807, 2.05) is 30.3 Å². The SMILES string of the molecule is CNC(=O)CCC1(O)CCCN(C(=O)CCc2ccccc2)C1. The molecule has 5 nitrogen and oxygen atoms in total. The topological polar surface area (TPSA) is 69.6 Å². The molecule has 1 aliphatic rings. The van der Waals surface area contributed by atoms with E-state index in [0.717, 1.165) is 12.0 Å². The minimum atomic E-state index is -0.937. The van der Waals surface area contributed by atoms with Gasteiger partial charge in [0.05, 0.1) is 5.60 Å². The van der Waals surface area contributed by atoms with Crippen molar-refractivity contribution in [3.63, 3.8) is 0 Å². The highest BCUT2D eigenvalue weighted by Gasteiger charge is 2.35. The normalized spacial score (nSPS) is 21.0. The van der Waals surface area contributed by atoms with Gasteiger partial charge in [-0.25, -0.2) is 0 Å². The van der Waals surface area contributed by atoms with E-state index in [1.165, 1.54) is 0 Å². The number of rotatable bonds is 6. The van der Waals surface area contributed by atoms with E-state index in [9.17, 15) is 14.7 Å². The van der Waals surface area contributed by atoms with Crippen molar-refractivity contribution in [1.29, 1.82) is 0 Å². The number of amides is 2. The van der Waals surface area contributed by atoms with Crippen LogP contribution in [-0.2, 0) is 16.0 Å². The fourth-order valence-corrected chi connectivity index (χ4v) is 3.05. The van der Waals surface area contributed by atoms with Crippen LogP contribution in [0.3, 0.4) is 0 Å². The molecule has 0 spiro atoms. The fraction of sp³-hybridized carbons (Fsp3) is 0.556. The van der Waals surface area contributed by atoms with E-state index in [-0.39, 0.29) is 11.8 Å². The van der Waals surface area contributed by atoms with Gasteiger partial charge in [-0.2, -0.15) is 0 Å². The minimum Gasteiger partial charge on any atom is -0.388 e. The first-order valence-corrected chi connectivity index (χ1v) is 8.27. The van der Waals surface area contributed by atoms with Crippen molar-refractivity contribution in [3.8, 4) is 0 Å². The molecule has 0 aromatic heterocycles. The molecule has 0 aliphatic carbocycles. The van der Waals surface area contributed by atoms with Gasteiger partial charge in [0.15, 0.2) is 0 Å². The summed E-state index contributed by atoms with van der Waals surface area (Å²) in [4.78, 5) is 25.5. The number of nitrogens with one attached hydrogen (secondary N) is 1. The summed E-state index contributed by atoms with van der Waals surface area (Å²) in [5, 5.41) is 13.2. The number of likely N-dealkylation sites (tertiary alicyclic amines) is 1. The van der Waals surface area contributed by atoms with Gasteiger partial charge in [0.2, 0.25) is 11.8 Å². The van der Waals surface area contributed by atoms with Crippen molar-refractivity contribution in [1.82, 2.24) is 10.2 Å². The third-order valence-electron chi connectivity index (χ3n) is 4.47. The van der Waals surface area contributed by atoms with Crippen molar-refractivity contribution in [2.75, 3.05) is 20.1 Å². The zero-order valence-electron chi connectivity index (χ0n) is 13.8. The molecule has 2 N–H and O–H groups in total. The molecule has 126 valence electrons. The smallest absolute Gasteiger partial charge is 0.222 e. The molecule has 1 saturated heterocycles. The lowest BCUT2D eigenvalue weighted by Gasteiger charge is -2.39. The zero-order valence-corrected chi connectivity index (χ0v) is 13.8. The number of benzene rings is 1. The Hall–Kier alpha value is -1.88. The van der Waals surface area contributed by atoms with E-state index < -0.39 is 5.60 Å². The lowest BCUT2D eigenvalue weighted by Crippen LogP contribution is -2.50. The summed E-state index contributed by atoms with van der Waals surface area (Å²) < 4.78 is 0. The first-order valence-electron chi connectivity index (χ1n) is 8.27. The van der Waals surface area contributed by atoms with Crippen molar-refractivity contribution >= 4 is 11.8 Å².